The Morgan fingerprint density at radius 2 is 1.61 bits per heavy atom. The van der Waals surface area contributed by atoms with Crippen LogP contribution in [-0.4, -0.2) is 5.78 Å². The van der Waals surface area contributed by atoms with Crippen LogP contribution in [0.2, 0.25) is 0 Å². The number of Topliss-reactive ketones (excluding diaryl/α,β-unsaturated/α-hetero) is 1. The van der Waals surface area contributed by atoms with Gasteiger partial charge in [0.2, 0.25) is 0 Å². The molecule has 0 fully saturated rings. The highest BCUT2D eigenvalue weighted by molar-refractivity contribution is 6.08. The first-order valence-electron chi connectivity index (χ1n) is 11.9. The predicted molar refractivity (Wildman–Crippen MR) is 136 cm³/mol. The maximum atomic E-state index is 13.5. The van der Waals surface area contributed by atoms with Crippen LogP contribution in [0.15, 0.2) is 88.1 Å². The summed E-state index contributed by atoms with van der Waals surface area (Å²) >= 11 is 0. The summed E-state index contributed by atoms with van der Waals surface area (Å²) in [4.78, 5) is 27.0. The van der Waals surface area contributed by atoms with Gasteiger partial charge in [0.25, 0.3) is 0 Å². The molecule has 0 spiro atoms. The number of ketones is 1. The molecule has 36 heavy (non-hydrogen) atoms. The number of rotatable bonds is 3. The van der Waals surface area contributed by atoms with Crippen LogP contribution < -0.4 is 5.63 Å². The average Bonchev–Trinajstić information content (AvgIpc) is 2.93. The summed E-state index contributed by atoms with van der Waals surface area (Å²) in [5.41, 5.74) is 2.87. The van der Waals surface area contributed by atoms with Crippen molar-refractivity contribution in [2.75, 3.05) is 0 Å². The minimum absolute atomic E-state index is 0.166. The molecular weight excluding hydrogens is 448 g/mol. The van der Waals surface area contributed by atoms with Gasteiger partial charge in [-0.05, 0) is 46.7 Å². The van der Waals surface area contributed by atoms with E-state index < -0.39 is 17.0 Å². The van der Waals surface area contributed by atoms with E-state index in [4.69, 9.17) is 4.42 Å². The van der Waals surface area contributed by atoms with Crippen LogP contribution in [0.5, 0.6) is 0 Å². The second-order valence-electron chi connectivity index (χ2n) is 9.26. The van der Waals surface area contributed by atoms with E-state index in [1.165, 1.54) is 0 Å². The Morgan fingerprint density at radius 1 is 0.917 bits per heavy atom. The number of para-hydroxylation sites is 1. The fraction of sp³-hybridized carbons (Fsp3) is 0.161. The van der Waals surface area contributed by atoms with Crippen LogP contribution >= 0.6 is 0 Å². The SMILES string of the molecule is N#CC1(C#N)C2=C(CCc3ccccc32)c2c(c(=O)oc3ccccc23)C1CC(=O)c1ccccc1. The molecule has 0 N–H and O–H groups in total. The van der Waals surface area contributed by atoms with Gasteiger partial charge < -0.3 is 4.42 Å². The highest BCUT2D eigenvalue weighted by Crippen LogP contribution is 2.58. The van der Waals surface area contributed by atoms with E-state index in [1.54, 1.807) is 36.4 Å². The third-order valence-electron chi connectivity index (χ3n) is 7.49. The molecule has 0 radical (unpaired) electrons. The zero-order valence-corrected chi connectivity index (χ0v) is 19.3. The van der Waals surface area contributed by atoms with Crippen molar-refractivity contribution < 1.29 is 9.21 Å². The molecule has 2 aliphatic rings. The van der Waals surface area contributed by atoms with E-state index in [2.05, 4.69) is 12.1 Å². The number of allylic oxidation sites excluding steroid dienone is 2. The van der Waals surface area contributed by atoms with Crippen molar-refractivity contribution in [1.82, 2.24) is 0 Å². The number of nitrogens with zero attached hydrogens (tertiary/aromatic N) is 2. The fourth-order valence-electron chi connectivity index (χ4n) is 5.90. The molecule has 5 nitrogen and oxygen atoms in total. The van der Waals surface area contributed by atoms with Gasteiger partial charge >= 0.3 is 5.63 Å². The van der Waals surface area contributed by atoms with Gasteiger partial charge in [0.05, 0.1) is 17.7 Å². The van der Waals surface area contributed by atoms with Gasteiger partial charge in [0.15, 0.2) is 11.2 Å². The van der Waals surface area contributed by atoms with E-state index >= 15 is 0 Å². The topological polar surface area (TPSA) is 94.9 Å². The molecule has 0 amide bonds. The summed E-state index contributed by atoms with van der Waals surface area (Å²) in [6.45, 7) is 0. The van der Waals surface area contributed by atoms with Gasteiger partial charge in [0, 0.05) is 23.3 Å². The van der Waals surface area contributed by atoms with Crippen molar-refractivity contribution in [3.63, 3.8) is 0 Å². The highest BCUT2D eigenvalue weighted by Gasteiger charge is 2.53. The Hall–Kier alpha value is -4.74. The Morgan fingerprint density at radius 3 is 2.39 bits per heavy atom. The Bertz CT molecular complexity index is 1720. The lowest BCUT2D eigenvalue weighted by molar-refractivity contribution is 0.0966. The number of fused-ring (bicyclic) bond motifs is 6. The van der Waals surface area contributed by atoms with Crippen molar-refractivity contribution in [2.45, 2.75) is 25.2 Å². The zero-order valence-electron chi connectivity index (χ0n) is 19.3. The molecule has 172 valence electrons. The number of nitriles is 2. The van der Waals surface area contributed by atoms with Crippen LogP contribution in [0.4, 0.5) is 0 Å². The predicted octanol–water partition coefficient (Wildman–Crippen LogP) is 6.05. The molecule has 4 aromatic rings. The zero-order chi connectivity index (χ0) is 24.9. The van der Waals surface area contributed by atoms with Crippen molar-refractivity contribution in [1.29, 1.82) is 10.5 Å². The first-order valence-corrected chi connectivity index (χ1v) is 11.9. The van der Waals surface area contributed by atoms with Crippen LogP contribution in [0, 0.1) is 28.1 Å². The van der Waals surface area contributed by atoms with Crippen molar-refractivity contribution in [3.05, 3.63) is 117 Å². The highest BCUT2D eigenvalue weighted by atomic mass is 16.4. The summed E-state index contributed by atoms with van der Waals surface area (Å²) in [6, 6.07) is 28.4. The van der Waals surface area contributed by atoms with E-state index in [1.807, 2.05) is 42.5 Å². The van der Waals surface area contributed by atoms with Gasteiger partial charge in [-0.15, -0.1) is 0 Å². The monoisotopic (exact) mass is 468 g/mol. The molecule has 0 bridgehead atoms. The molecule has 5 heteroatoms. The third kappa shape index (κ3) is 3.00. The van der Waals surface area contributed by atoms with Gasteiger partial charge in [-0.25, -0.2) is 4.79 Å². The summed E-state index contributed by atoms with van der Waals surface area (Å²) in [7, 11) is 0. The molecule has 1 atom stereocenters. The lowest BCUT2D eigenvalue weighted by Gasteiger charge is -2.41. The van der Waals surface area contributed by atoms with Crippen molar-refractivity contribution >= 4 is 27.9 Å². The Kier molecular flexibility index (Phi) is 4.95. The molecule has 1 aromatic heterocycles. The van der Waals surface area contributed by atoms with E-state index in [0.29, 0.717) is 28.7 Å². The molecule has 0 saturated carbocycles. The number of carbonyl (C=O) groups is 1. The first-order chi connectivity index (χ1) is 17.6. The molecule has 3 aromatic carbocycles. The molecule has 1 unspecified atom stereocenters. The van der Waals surface area contributed by atoms with E-state index in [0.717, 1.165) is 28.5 Å². The molecule has 6 rings (SSSR count). The summed E-state index contributed by atoms with van der Waals surface area (Å²) in [5, 5.41) is 22.0. The maximum Gasteiger partial charge on any atom is 0.340 e. The Labute approximate surface area is 207 Å². The molecular formula is C31H20N2O3. The minimum atomic E-state index is -1.72. The van der Waals surface area contributed by atoms with Crippen LogP contribution in [0.25, 0.3) is 22.1 Å². The molecule has 2 aliphatic carbocycles. The first kappa shape index (κ1) is 21.8. The van der Waals surface area contributed by atoms with Gasteiger partial charge in [-0.2, -0.15) is 10.5 Å². The van der Waals surface area contributed by atoms with Crippen molar-refractivity contribution in [3.8, 4) is 12.1 Å². The van der Waals surface area contributed by atoms with Crippen LogP contribution in [0.3, 0.4) is 0 Å². The van der Waals surface area contributed by atoms with Crippen molar-refractivity contribution in [2.24, 2.45) is 5.41 Å². The average molecular weight is 469 g/mol. The second kappa shape index (κ2) is 8.18. The van der Waals surface area contributed by atoms with Gasteiger partial charge in [0.1, 0.15) is 5.58 Å². The summed E-state index contributed by atoms with van der Waals surface area (Å²) in [6.07, 6.45) is 1.14. The van der Waals surface area contributed by atoms with E-state index in [9.17, 15) is 20.1 Å². The van der Waals surface area contributed by atoms with Crippen LogP contribution in [0.1, 0.15) is 51.4 Å². The number of hydrogen-bond acceptors (Lipinski definition) is 5. The molecule has 0 saturated heterocycles. The summed E-state index contributed by atoms with van der Waals surface area (Å²) in [5.74, 6) is -1.22. The number of hydrogen-bond donors (Lipinski definition) is 0. The minimum Gasteiger partial charge on any atom is -0.422 e. The third-order valence-corrected chi connectivity index (χ3v) is 7.49. The number of carbonyl (C=O) groups excluding carboxylic acids is 1. The number of benzene rings is 3. The largest absolute Gasteiger partial charge is 0.422 e. The standard InChI is InChI=1S/C31H20N2O3/c32-17-31(18-33)24(16-25(34)20-9-2-1-3-10-20)28-27(22-12-6-7-13-26(22)36-30(28)35)23-15-14-19-8-4-5-11-21(19)29(23)31/h1-13,24H,14-16H2. The molecule has 1 heterocycles. The van der Waals surface area contributed by atoms with Gasteiger partial charge in [-0.3, -0.25) is 4.79 Å². The number of aryl methyl sites for hydroxylation is 1. The lowest BCUT2D eigenvalue weighted by Crippen LogP contribution is -2.38. The summed E-state index contributed by atoms with van der Waals surface area (Å²) < 4.78 is 5.70. The fourth-order valence-corrected chi connectivity index (χ4v) is 5.90. The maximum absolute atomic E-state index is 13.5. The van der Waals surface area contributed by atoms with E-state index in [-0.39, 0.29) is 17.8 Å². The lowest BCUT2D eigenvalue weighted by atomic mass is 9.57. The Balaban J connectivity index is 1.72. The smallest absolute Gasteiger partial charge is 0.340 e. The normalized spacial score (nSPS) is 17.3. The molecule has 0 aliphatic heterocycles. The quantitative estimate of drug-likeness (QED) is 0.269. The second-order valence-corrected chi connectivity index (χ2v) is 9.26. The van der Waals surface area contributed by atoms with Crippen LogP contribution in [-0.2, 0) is 6.42 Å². The van der Waals surface area contributed by atoms with Gasteiger partial charge in [-0.1, -0.05) is 72.8 Å².